The van der Waals surface area contributed by atoms with E-state index in [-0.39, 0.29) is 6.03 Å². The first kappa shape index (κ1) is 19.6. The number of aryl methyl sites for hydroxylation is 1. The normalized spacial score (nSPS) is 17.3. The zero-order valence-corrected chi connectivity index (χ0v) is 17.4. The molecule has 29 heavy (non-hydrogen) atoms. The number of benzene rings is 2. The smallest absolute Gasteiger partial charge is 0.317 e. The third-order valence-electron chi connectivity index (χ3n) is 6.07. The van der Waals surface area contributed by atoms with Crippen LogP contribution in [-0.4, -0.2) is 50.2 Å². The van der Waals surface area contributed by atoms with E-state index in [0.29, 0.717) is 6.54 Å². The molecule has 2 fully saturated rings. The molecule has 2 amide bonds. The van der Waals surface area contributed by atoms with Crippen LogP contribution in [0.4, 0.5) is 16.2 Å². The second-order valence-corrected chi connectivity index (χ2v) is 8.18. The molecule has 1 N–H and O–H groups in total. The van der Waals surface area contributed by atoms with Crippen molar-refractivity contribution in [3.05, 3.63) is 59.7 Å². The lowest BCUT2D eigenvalue weighted by molar-refractivity contribution is 0.194. The van der Waals surface area contributed by atoms with E-state index in [9.17, 15) is 4.79 Å². The van der Waals surface area contributed by atoms with Crippen molar-refractivity contribution in [2.24, 2.45) is 0 Å². The van der Waals surface area contributed by atoms with Gasteiger partial charge in [0.15, 0.2) is 0 Å². The van der Waals surface area contributed by atoms with E-state index in [1.165, 1.54) is 49.3 Å². The Bertz CT molecular complexity index is 789. The van der Waals surface area contributed by atoms with Crippen LogP contribution in [0.3, 0.4) is 0 Å². The van der Waals surface area contributed by atoms with Gasteiger partial charge in [0, 0.05) is 57.2 Å². The summed E-state index contributed by atoms with van der Waals surface area (Å²) >= 11 is 0. The van der Waals surface area contributed by atoms with Crippen LogP contribution in [0.15, 0.2) is 48.5 Å². The van der Waals surface area contributed by atoms with Crippen molar-refractivity contribution in [2.75, 3.05) is 49.1 Å². The average Bonchev–Trinajstić information content (AvgIpc) is 2.79. The fourth-order valence-electron chi connectivity index (χ4n) is 4.19. The van der Waals surface area contributed by atoms with Crippen molar-refractivity contribution in [2.45, 2.75) is 32.7 Å². The zero-order valence-electron chi connectivity index (χ0n) is 17.4. The summed E-state index contributed by atoms with van der Waals surface area (Å²) in [4.78, 5) is 19.3. The predicted octanol–water partition coefficient (Wildman–Crippen LogP) is 4.02. The van der Waals surface area contributed by atoms with Gasteiger partial charge in [-0.2, -0.15) is 0 Å². The molecule has 2 heterocycles. The molecular weight excluding hydrogens is 360 g/mol. The Balaban J connectivity index is 1.25. The topological polar surface area (TPSA) is 38.8 Å². The third-order valence-corrected chi connectivity index (χ3v) is 6.07. The predicted molar refractivity (Wildman–Crippen MR) is 120 cm³/mol. The van der Waals surface area contributed by atoms with E-state index in [1.54, 1.807) is 0 Å². The van der Waals surface area contributed by atoms with Crippen LogP contribution in [0.2, 0.25) is 0 Å². The Labute approximate surface area is 174 Å². The lowest BCUT2D eigenvalue weighted by Gasteiger charge is -2.36. The summed E-state index contributed by atoms with van der Waals surface area (Å²) < 4.78 is 0. The summed E-state index contributed by atoms with van der Waals surface area (Å²) in [6, 6.07) is 17.3. The van der Waals surface area contributed by atoms with Crippen LogP contribution in [0.25, 0.3) is 0 Å². The molecule has 0 aromatic heterocycles. The summed E-state index contributed by atoms with van der Waals surface area (Å²) in [5, 5.41) is 3.05. The Kier molecular flexibility index (Phi) is 6.23. The molecule has 2 saturated heterocycles. The average molecular weight is 393 g/mol. The van der Waals surface area contributed by atoms with Gasteiger partial charge in [0.25, 0.3) is 0 Å². The van der Waals surface area contributed by atoms with E-state index in [1.807, 2.05) is 4.90 Å². The number of hydrogen-bond acceptors (Lipinski definition) is 3. The minimum atomic E-state index is 0.0330. The van der Waals surface area contributed by atoms with Gasteiger partial charge in [-0.25, -0.2) is 4.79 Å². The molecule has 0 bridgehead atoms. The Morgan fingerprint density at radius 2 is 1.31 bits per heavy atom. The molecule has 0 spiro atoms. The second-order valence-electron chi connectivity index (χ2n) is 8.18. The number of piperidine rings is 1. The first-order valence-corrected chi connectivity index (χ1v) is 10.9. The minimum absolute atomic E-state index is 0.0330. The van der Waals surface area contributed by atoms with Crippen LogP contribution in [0, 0.1) is 6.92 Å². The van der Waals surface area contributed by atoms with Gasteiger partial charge in [0.1, 0.15) is 0 Å². The number of carbonyl (C=O) groups excluding carboxylic acids is 1. The molecule has 0 unspecified atom stereocenters. The van der Waals surface area contributed by atoms with Crippen molar-refractivity contribution in [1.82, 2.24) is 10.2 Å². The number of hydrogen-bond donors (Lipinski definition) is 1. The molecule has 2 aliphatic heterocycles. The number of urea groups is 1. The van der Waals surface area contributed by atoms with Crippen LogP contribution >= 0.6 is 0 Å². The van der Waals surface area contributed by atoms with Gasteiger partial charge in [0.05, 0.1) is 0 Å². The largest absolute Gasteiger partial charge is 0.372 e. The Hall–Kier alpha value is -2.69. The molecule has 0 saturated carbocycles. The third kappa shape index (κ3) is 5.03. The Morgan fingerprint density at radius 1 is 0.759 bits per heavy atom. The number of nitrogens with one attached hydrogen (secondary N) is 1. The van der Waals surface area contributed by atoms with Gasteiger partial charge in [-0.3, -0.25) is 0 Å². The molecule has 0 radical (unpaired) electrons. The first-order valence-electron chi connectivity index (χ1n) is 10.9. The number of carbonyl (C=O) groups is 1. The minimum Gasteiger partial charge on any atom is -0.372 e. The number of nitrogens with zero attached hydrogens (tertiary/aromatic N) is 3. The highest BCUT2D eigenvalue weighted by Crippen LogP contribution is 2.24. The van der Waals surface area contributed by atoms with E-state index in [4.69, 9.17) is 0 Å². The van der Waals surface area contributed by atoms with Crippen LogP contribution in [0.1, 0.15) is 30.4 Å². The number of rotatable bonds is 4. The maximum Gasteiger partial charge on any atom is 0.317 e. The lowest BCUT2D eigenvalue weighted by atomic mass is 10.1. The Morgan fingerprint density at radius 3 is 1.90 bits per heavy atom. The van der Waals surface area contributed by atoms with Gasteiger partial charge >= 0.3 is 6.03 Å². The highest BCUT2D eigenvalue weighted by molar-refractivity contribution is 5.74. The van der Waals surface area contributed by atoms with E-state index in [2.05, 4.69) is 70.6 Å². The molecule has 154 valence electrons. The molecule has 0 aliphatic carbocycles. The van der Waals surface area contributed by atoms with Crippen LogP contribution in [0.5, 0.6) is 0 Å². The first-order chi connectivity index (χ1) is 14.2. The highest BCUT2D eigenvalue weighted by atomic mass is 16.2. The molecule has 2 aliphatic rings. The lowest BCUT2D eigenvalue weighted by Crippen LogP contribution is -2.51. The molecule has 5 nitrogen and oxygen atoms in total. The van der Waals surface area contributed by atoms with Gasteiger partial charge in [-0.15, -0.1) is 0 Å². The second kappa shape index (κ2) is 9.21. The summed E-state index contributed by atoms with van der Waals surface area (Å²) in [6.07, 6.45) is 3.96. The fraction of sp³-hybridized carbons (Fsp3) is 0.458. The van der Waals surface area contributed by atoms with E-state index in [0.717, 1.165) is 31.7 Å². The molecule has 5 heteroatoms. The number of amides is 2. The molecular formula is C24H32N4O. The van der Waals surface area contributed by atoms with Crippen LogP contribution in [-0.2, 0) is 6.54 Å². The number of anilines is 2. The van der Waals surface area contributed by atoms with E-state index < -0.39 is 0 Å². The standard InChI is InChI=1S/C24H32N4O/c1-20-5-7-21(8-6-20)19-25-24(29)28-17-15-27(16-18-28)23-11-9-22(10-12-23)26-13-3-2-4-14-26/h5-12H,2-4,13-19H2,1H3,(H,25,29). The molecule has 0 atom stereocenters. The van der Waals surface area contributed by atoms with Crippen molar-refractivity contribution in [3.8, 4) is 0 Å². The SMILES string of the molecule is Cc1ccc(CNC(=O)N2CCN(c3ccc(N4CCCCC4)cc3)CC2)cc1. The van der Waals surface area contributed by atoms with Gasteiger partial charge < -0.3 is 20.0 Å². The summed E-state index contributed by atoms with van der Waals surface area (Å²) in [6.45, 7) is 8.27. The summed E-state index contributed by atoms with van der Waals surface area (Å²) in [5.41, 5.74) is 4.96. The maximum atomic E-state index is 12.5. The van der Waals surface area contributed by atoms with Gasteiger partial charge in [0.2, 0.25) is 0 Å². The summed E-state index contributed by atoms with van der Waals surface area (Å²) in [7, 11) is 0. The van der Waals surface area contributed by atoms with Crippen molar-refractivity contribution in [3.63, 3.8) is 0 Å². The van der Waals surface area contributed by atoms with Crippen molar-refractivity contribution >= 4 is 17.4 Å². The zero-order chi connectivity index (χ0) is 20.1. The molecule has 2 aromatic rings. The van der Waals surface area contributed by atoms with Gasteiger partial charge in [-0.1, -0.05) is 29.8 Å². The summed E-state index contributed by atoms with van der Waals surface area (Å²) in [5.74, 6) is 0. The molecule has 4 rings (SSSR count). The quantitative estimate of drug-likeness (QED) is 0.854. The van der Waals surface area contributed by atoms with Crippen molar-refractivity contribution < 1.29 is 4.79 Å². The van der Waals surface area contributed by atoms with E-state index >= 15 is 0 Å². The van der Waals surface area contributed by atoms with Gasteiger partial charge in [-0.05, 0) is 56.0 Å². The highest BCUT2D eigenvalue weighted by Gasteiger charge is 2.21. The maximum absolute atomic E-state index is 12.5. The monoisotopic (exact) mass is 392 g/mol. The van der Waals surface area contributed by atoms with Crippen molar-refractivity contribution in [1.29, 1.82) is 0 Å². The van der Waals surface area contributed by atoms with Crippen LogP contribution < -0.4 is 15.1 Å². The fourth-order valence-corrected chi connectivity index (χ4v) is 4.19. The number of piperazine rings is 1. The molecule has 2 aromatic carbocycles.